The molecule has 0 saturated carbocycles. The highest BCUT2D eigenvalue weighted by atomic mass is 32.1. The van der Waals surface area contributed by atoms with Gasteiger partial charge in [0.05, 0.1) is 6.54 Å². The van der Waals surface area contributed by atoms with Crippen molar-refractivity contribution >= 4 is 22.4 Å². The zero-order valence-electron chi connectivity index (χ0n) is 13.7. The molecule has 1 N–H and O–H groups in total. The number of benzene rings is 1. The Morgan fingerprint density at radius 1 is 1.25 bits per heavy atom. The second-order valence-electron chi connectivity index (χ2n) is 5.97. The molecular formula is C17H21FN4OS. The Hall–Kier alpha value is -1.83. The van der Waals surface area contributed by atoms with Gasteiger partial charge in [-0.25, -0.2) is 9.37 Å². The second-order valence-corrected chi connectivity index (χ2v) is 7.20. The SMILES string of the molecule is Cc1cnc(NC(=O)CN2CCN(Cc3ccccc3F)CC2)s1. The van der Waals surface area contributed by atoms with Gasteiger partial charge < -0.3 is 5.32 Å². The number of anilines is 1. The minimum Gasteiger partial charge on any atom is -0.301 e. The maximum atomic E-state index is 13.7. The van der Waals surface area contributed by atoms with Crippen LogP contribution < -0.4 is 5.32 Å². The first-order valence-corrected chi connectivity index (χ1v) is 8.82. The largest absolute Gasteiger partial charge is 0.301 e. The summed E-state index contributed by atoms with van der Waals surface area (Å²) in [6.45, 7) is 6.22. The van der Waals surface area contributed by atoms with Crippen LogP contribution in [-0.2, 0) is 11.3 Å². The van der Waals surface area contributed by atoms with Crippen LogP contribution in [0.5, 0.6) is 0 Å². The van der Waals surface area contributed by atoms with Crippen LogP contribution in [0.1, 0.15) is 10.4 Å². The number of piperazine rings is 1. The molecule has 0 unspecified atom stereocenters. The first-order valence-electron chi connectivity index (χ1n) is 8.00. The Labute approximate surface area is 145 Å². The van der Waals surface area contributed by atoms with Gasteiger partial charge >= 0.3 is 0 Å². The lowest BCUT2D eigenvalue weighted by Gasteiger charge is -2.34. The number of aryl methyl sites for hydroxylation is 1. The van der Waals surface area contributed by atoms with Crippen LogP contribution in [0.4, 0.5) is 9.52 Å². The van der Waals surface area contributed by atoms with E-state index in [-0.39, 0.29) is 11.7 Å². The molecule has 0 aliphatic carbocycles. The van der Waals surface area contributed by atoms with E-state index >= 15 is 0 Å². The van der Waals surface area contributed by atoms with Crippen molar-refractivity contribution in [2.45, 2.75) is 13.5 Å². The molecule has 0 radical (unpaired) electrons. The van der Waals surface area contributed by atoms with E-state index in [1.54, 1.807) is 12.3 Å². The van der Waals surface area contributed by atoms with Crippen molar-refractivity contribution < 1.29 is 9.18 Å². The fourth-order valence-corrected chi connectivity index (χ4v) is 3.43. The molecule has 2 aromatic rings. The zero-order chi connectivity index (χ0) is 16.9. The molecule has 0 atom stereocenters. The first-order chi connectivity index (χ1) is 11.6. The molecule has 0 bridgehead atoms. The highest BCUT2D eigenvalue weighted by Gasteiger charge is 2.20. The van der Waals surface area contributed by atoms with Gasteiger partial charge in [-0.15, -0.1) is 11.3 Å². The summed E-state index contributed by atoms with van der Waals surface area (Å²) in [6, 6.07) is 6.89. The second kappa shape index (κ2) is 7.83. The number of carbonyl (C=O) groups excluding carboxylic acids is 1. The van der Waals surface area contributed by atoms with Crippen LogP contribution in [0.3, 0.4) is 0 Å². The molecule has 5 nitrogen and oxygen atoms in total. The normalized spacial score (nSPS) is 16.2. The molecule has 1 aliphatic rings. The van der Waals surface area contributed by atoms with Crippen LogP contribution >= 0.6 is 11.3 Å². The fraction of sp³-hybridized carbons (Fsp3) is 0.412. The summed E-state index contributed by atoms with van der Waals surface area (Å²) in [4.78, 5) is 21.6. The molecule has 1 aromatic carbocycles. The highest BCUT2D eigenvalue weighted by Crippen LogP contribution is 2.16. The third kappa shape index (κ3) is 4.59. The van der Waals surface area contributed by atoms with Crippen LogP contribution in [0.2, 0.25) is 0 Å². The number of rotatable bonds is 5. The van der Waals surface area contributed by atoms with Crippen molar-refractivity contribution in [3.63, 3.8) is 0 Å². The van der Waals surface area contributed by atoms with Gasteiger partial charge in [-0.05, 0) is 13.0 Å². The molecule has 7 heteroatoms. The number of amides is 1. The molecule has 3 rings (SSSR count). The molecule has 2 heterocycles. The molecular weight excluding hydrogens is 327 g/mol. The molecule has 1 aromatic heterocycles. The quantitative estimate of drug-likeness (QED) is 0.901. The van der Waals surface area contributed by atoms with E-state index in [1.165, 1.54) is 17.4 Å². The summed E-state index contributed by atoms with van der Waals surface area (Å²) in [5.74, 6) is -0.190. The van der Waals surface area contributed by atoms with Gasteiger partial charge in [0, 0.05) is 49.4 Å². The maximum absolute atomic E-state index is 13.7. The average molecular weight is 348 g/mol. The van der Waals surface area contributed by atoms with Crippen LogP contribution in [0.15, 0.2) is 30.5 Å². The van der Waals surface area contributed by atoms with Crippen molar-refractivity contribution in [1.82, 2.24) is 14.8 Å². The number of nitrogens with zero attached hydrogens (tertiary/aromatic N) is 3. The Bertz CT molecular complexity index is 697. The monoisotopic (exact) mass is 348 g/mol. The third-order valence-electron chi connectivity index (χ3n) is 4.05. The molecule has 0 spiro atoms. The van der Waals surface area contributed by atoms with Gasteiger partial charge in [0.2, 0.25) is 5.91 Å². The van der Waals surface area contributed by atoms with Crippen molar-refractivity contribution in [3.8, 4) is 0 Å². The van der Waals surface area contributed by atoms with E-state index in [9.17, 15) is 9.18 Å². The van der Waals surface area contributed by atoms with Crippen LogP contribution in [0, 0.1) is 12.7 Å². The maximum Gasteiger partial charge on any atom is 0.240 e. The number of nitrogens with one attached hydrogen (secondary N) is 1. The van der Waals surface area contributed by atoms with Crippen LogP contribution in [0.25, 0.3) is 0 Å². The molecule has 1 saturated heterocycles. The summed E-state index contributed by atoms with van der Waals surface area (Å²) < 4.78 is 13.7. The minimum atomic E-state index is -0.155. The number of thiazole rings is 1. The van der Waals surface area contributed by atoms with E-state index in [2.05, 4.69) is 20.1 Å². The summed E-state index contributed by atoms with van der Waals surface area (Å²) >= 11 is 1.48. The summed E-state index contributed by atoms with van der Waals surface area (Å²) in [5.41, 5.74) is 0.725. The predicted octanol–water partition coefficient (Wildman–Crippen LogP) is 2.35. The summed E-state index contributed by atoms with van der Waals surface area (Å²) in [6.07, 6.45) is 1.75. The highest BCUT2D eigenvalue weighted by molar-refractivity contribution is 7.15. The molecule has 1 aliphatic heterocycles. The van der Waals surface area contributed by atoms with Gasteiger partial charge in [-0.2, -0.15) is 0 Å². The number of hydrogen-bond acceptors (Lipinski definition) is 5. The Kier molecular flexibility index (Phi) is 5.55. The van der Waals surface area contributed by atoms with E-state index in [4.69, 9.17) is 0 Å². The Morgan fingerprint density at radius 3 is 2.62 bits per heavy atom. The standard InChI is InChI=1S/C17H21FN4OS/c1-13-10-19-17(24-13)20-16(23)12-22-8-6-21(7-9-22)11-14-4-2-3-5-15(14)18/h2-5,10H,6-9,11-12H2,1H3,(H,19,20,23). The van der Waals surface area contributed by atoms with E-state index in [0.29, 0.717) is 18.2 Å². The molecule has 128 valence electrons. The van der Waals surface area contributed by atoms with Gasteiger partial charge in [0.25, 0.3) is 0 Å². The first kappa shape index (κ1) is 17.0. The minimum absolute atomic E-state index is 0.0353. The summed E-state index contributed by atoms with van der Waals surface area (Å²) in [5, 5.41) is 3.48. The van der Waals surface area contributed by atoms with Crippen molar-refractivity contribution in [1.29, 1.82) is 0 Å². The van der Waals surface area contributed by atoms with Crippen molar-refractivity contribution in [2.24, 2.45) is 0 Å². The van der Waals surface area contributed by atoms with Crippen LogP contribution in [-0.4, -0.2) is 53.4 Å². The summed E-state index contributed by atoms with van der Waals surface area (Å²) in [7, 11) is 0. The fourth-order valence-electron chi connectivity index (χ4n) is 2.75. The van der Waals surface area contributed by atoms with E-state index in [0.717, 1.165) is 36.6 Å². The van der Waals surface area contributed by atoms with E-state index in [1.807, 2.05) is 19.1 Å². The number of halogens is 1. The lowest BCUT2D eigenvalue weighted by Crippen LogP contribution is -2.48. The average Bonchev–Trinajstić information content (AvgIpc) is 2.96. The van der Waals surface area contributed by atoms with Gasteiger partial charge in [0.1, 0.15) is 5.82 Å². The number of aromatic nitrogens is 1. The zero-order valence-corrected chi connectivity index (χ0v) is 14.5. The van der Waals surface area contributed by atoms with Gasteiger partial charge in [0.15, 0.2) is 5.13 Å². The molecule has 1 fully saturated rings. The number of hydrogen-bond donors (Lipinski definition) is 1. The van der Waals surface area contributed by atoms with E-state index < -0.39 is 0 Å². The topological polar surface area (TPSA) is 48.5 Å². The molecule has 24 heavy (non-hydrogen) atoms. The van der Waals surface area contributed by atoms with Crippen molar-refractivity contribution in [2.75, 3.05) is 38.0 Å². The lowest BCUT2D eigenvalue weighted by atomic mass is 10.2. The number of carbonyl (C=O) groups is 1. The smallest absolute Gasteiger partial charge is 0.240 e. The Balaban J connectivity index is 1.43. The van der Waals surface area contributed by atoms with Gasteiger partial charge in [-0.1, -0.05) is 18.2 Å². The lowest BCUT2D eigenvalue weighted by molar-refractivity contribution is -0.117. The van der Waals surface area contributed by atoms with Crippen molar-refractivity contribution in [3.05, 3.63) is 46.7 Å². The predicted molar refractivity (Wildman–Crippen MR) is 93.6 cm³/mol. The third-order valence-corrected chi connectivity index (χ3v) is 4.88. The Morgan fingerprint density at radius 2 is 1.96 bits per heavy atom. The molecule has 1 amide bonds. The van der Waals surface area contributed by atoms with Gasteiger partial charge in [-0.3, -0.25) is 14.6 Å².